The van der Waals surface area contributed by atoms with Crippen molar-refractivity contribution in [1.82, 2.24) is 4.31 Å². The first kappa shape index (κ1) is 21.5. The third-order valence-electron chi connectivity index (χ3n) is 4.71. The molecule has 0 saturated carbocycles. The van der Waals surface area contributed by atoms with Gasteiger partial charge in [0.2, 0.25) is 15.9 Å². The molecular formula is C19H19ClF2N2O4S. The third kappa shape index (κ3) is 4.52. The maximum atomic E-state index is 13.8. The predicted molar refractivity (Wildman–Crippen MR) is 104 cm³/mol. The molecule has 1 N–H and O–H groups in total. The van der Waals surface area contributed by atoms with Gasteiger partial charge in [0.25, 0.3) is 0 Å². The van der Waals surface area contributed by atoms with E-state index in [0.29, 0.717) is 12.8 Å². The van der Waals surface area contributed by atoms with E-state index in [4.69, 9.17) is 16.3 Å². The quantitative estimate of drug-likeness (QED) is 0.763. The van der Waals surface area contributed by atoms with E-state index >= 15 is 0 Å². The molecule has 0 radical (unpaired) electrons. The third-order valence-corrected chi connectivity index (χ3v) is 6.83. The van der Waals surface area contributed by atoms with Crippen LogP contribution in [0.1, 0.15) is 12.8 Å². The molecule has 29 heavy (non-hydrogen) atoms. The lowest BCUT2D eigenvalue weighted by molar-refractivity contribution is -0.120. The molecular weight excluding hydrogens is 426 g/mol. The first-order valence-corrected chi connectivity index (χ1v) is 10.6. The fraction of sp³-hybridized carbons (Fsp3) is 0.316. The summed E-state index contributed by atoms with van der Waals surface area (Å²) in [4.78, 5) is 12.4. The van der Waals surface area contributed by atoms with Gasteiger partial charge in [0, 0.05) is 18.1 Å². The first-order valence-electron chi connectivity index (χ1n) is 8.82. The van der Waals surface area contributed by atoms with Crippen LogP contribution in [-0.2, 0) is 14.8 Å². The monoisotopic (exact) mass is 444 g/mol. The van der Waals surface area contributed by atoms with E-state index < -0.39 is 39.2 Å². The molecule has 0 aliphatic carbocycles. The van der Waals surface area contributed by atoms with Crippen molar-refractivity contribution >= 4 is 33.2 Å². The van der Waals surface area contributed by atoms with Crippen LogP contribution >= 0.6 is 11.6 Å². The lowest BCUT2D eigenvalue weighted by atomic mass is 9.98. The number of methoxy groups -OCH3 is 1. The topological polar surface area (TPSA) is 75.7 Å². The predicted octanol–water partition coefficient (Wildman–Crippen LogP) is 3.67. The van der Waals surface area contributed by atoms with Gasteiger partial charge in [0.15, 0.2) is 0 Å². The van der Waals surface area contributed by atoms with Crippen LogP contribution in [0.25, 0.3) is 0 Å². The van der Waals surface area contributed by atoms with Crippen molar-refractivity contribution in [2.75, 3.05) is 25.5 Å². The molecule has 3 rings (SSSR count). The van der Waals surface area contributed by atoms with Crippen molar-refractivity contribution in [3.63, 3.8) is 0 Å². The zero-order chi connectivity index (χ0) is 21.2. The van der Waals surface area contributed by atoms with Crippen LogP contribution in [0.2, 0.25) is 5.02 Å². The SMILES string of the molecule is COc1ccc(Cl)cc1S(=O)(=O)N1CCC[C@@H](C(=O)Nc2c(F)cccc2F)C1. The van der Waals surface area contributed by atoms with Gasteiger partial charge in [-0.05, 0) is 43.2 Å². The standard InChI is InChI=1S/C19H19ClF2N2O4S/c1-28-16-8-7-13(20)10-17(16)29(26,27)24-9-3-4-12(11-24)19(25)23-18-14(21)5-2-6-15(18)22/h2,5-8,10,12H,3-4,9,11H2,1H3,(H,23,25)/t12-/m1/s1. The molecule has 2 aromatic rings. The summed E-state index contributed by atoms with van der Waals surface area (Å²) in [7, 11) is -2.64. The second-order valence-corrected chi connectivity index (χ2v) is 8.93. The van der Waals surface area contributed by atoms with Crippen molar-refractivity contribution in [3.8, 4) is 5.75 Å². The zero-order valence-electron chi connectivity index (χ0n) is 15.5. The number of sulfonamides is 1. The van der Waals surface area contributed by atoms with Gasteiger partial charge in [-0.2, -0.15) is 4.31 Å². The molecule has 1 aliphatic heterocycles. The summed E-state index contributed by atoms with van der Waals surface area (Å²) in [5.41, 5.74) is -0.547. The lowest BCUT2D eigenvalue weighted by Gasteiger charge is -2.31. The molecule has 0 unspecified atom stereocenters. The molecule has 0 bridgehead atoms. The van der Waals surface area contributed by atoms with E-state index in [0.717, 1.165) is 16.4 Å². The average molecular weight is 445 g/mol. The average Bonchev–Trinajstić information content (AvgIpc) is 2.70. The Morgan fingerprint density at radius 2 is 1.93 bits per heavy atom. The molecule has 2 aromatic carbocycles. The molecule has 156 valence electrons. The fourth-order valence-corrected chi connectivity index (χ4v) is 5.15. The Kier molecular flexibility index (Phi) is 6.40. The Morgan fingerprint density at radius 1 is 1.24 bits per heavy atom. The number of hydrogen-bond acceptors (Lipinski definition) is 4. The highest BCUT2D eigenvalue weighted by atomic mass is 35.5. The molecule has 1 atom stereocenters. The fourth-order valence-electron chi connectivity index (χ4n) is 3.21. The number of rotatable bonds is 5. The van der Waals surface area contributed by atoms with Crippen molar-refractivity contribution in [1.29, 1.82) is 0 Å². The summed E-state index contributed by atoms with van der Waals surface area (Å²) in [6, 6.07) is 7.49. The van der Waals surface area contributed by atoms with Gasteiger partial charge >= 0.3 is 0 Å². The van der Waals surface area contributed by atoms with E-state index in [1.54, 1.807) is 0 Å². The van der Waals surface area contributed by atoms with Crippen LogP contribution in [0.15, 0.2) is 41.3 Å². The number of nitrogens with zero attached hydrogens (tertiary/aromatic N) is 1. The number of carbonyl (C=O) groups is 1. The van der Waals surface area contributed by atoms with Crippen molar-refractivity contribution in [2.24, 2.45) is 5.92 Å². The highest BCUT2D eigenvalue weighted by molar-refractivity contribution is 7.89. The van der Waals surface area contributed by atoms with Crippen LogP contribution < -0.4 is 10.1 Å². The maximum Gasteiger partial charge on any atom is 0.246 e. The van der Waals surface area contributed by atoms with Crippen LogP contribution in [0, 0.1) is 17.6 Å². The van der Waals surface area contributed by atoms with E-state index in [9.17, 15) is 22.0 Å². The number of ether oxygens (including phenoxy) is 1. The Hall–Kier alpha value is -2.23. The number of halogens is 3. The Balaban J connectivity index is 1.82. The smallest absolute Gasteiger partial charge is 0.246 e. The number of benzene rings is 2. The highest BCUT2D eigenvalue weighted by Crippen LogP contribution is 2.32. The normalized spacial score (nSPS) is 17.7. The van der Waals surface area contributed by atoms with Gasteiger partial charge in [0.05, 0.1) is 13.0 Å². The highest BCUT2D eigenvalue weighted by Gasteiger charge is 2.35. The summed E-state index contributed by atoms with van der Waals surface area (Å²) in [6.07, 6.45) is 0.806. The maximum absolute atomic E-state index is 13.8. The number of piperidine rings is 1. The minimum atomic E-state index is -3.99. The Morgan fingerprint density at radius 3 is 2.59 bits per heavy atom. The van der Waals surface area contributed by atoms with Gasteiger partial charge in [-0.15, -0.1) is 0 Å². The molecule has 6 nitrogen and oxygen atoms in total. The molecule has 1 fully saturated rings. The molecule has 1 heterocycles. The molecule has 0 spiro atoms. The van der Waals surface area contributed by atoms with Crippen LogP contribution in [-0.4, -0.2) is 38.8 Å². The summed E-state index contributed by atoms with van der Waals surface area (Å²) < 4.78 is 60.1. The lowest BCUT2D eigenvalue weighted by Crippen LogP contribution is -2.43. The summed E-state index contributed by atoms with van der Waals surface area (Å²) in [6.45, 7) is 0.0791. The van der Waals surface area contributed by atoms with Gasteiger partial charge in [-0.3, -0.25) is 4.79 Å². The van der Waals surface area contributed by atoms with Crippen molar-refractivity contribution in [2.45, 2.75) is 17.7 Å². The van der Waals surface area contributed by atoms with E-state index in [2.05, 4.69) is 5.32 Å². The Bertz CT molecular complexity index is 1010. The number of hydrogen-bond donors (Lipinski definition) is 1. The number of anilines is 1. The Labute approximate surface area is 172 Å². The first-order chi connectivity index (χ1) is 13.7. The summed E-state index contributed by atoms with van der Waals surface area (Å²) >= 11 is 5.94. The number of nitrogens with one attached hydrogen (secondary N) is 1. The molecule has 1 aliphatic rings. The summed E-state index contributed by atoms with van der Waals surface area (Å²) in [5, 5.41) is 2.46. The van der Waals surface area contributed by atoms with Crippen molar-refractivity contribution in [3.05, 3.63) is 53.1 Å². The molecule has 0 aromatic heterocycles. The molecule has 1 amide bonds. The van der Waals surface area contributed by atoms with E-state index in [1.807, 2.05) is 0 Å². The minimum Gasteiger partial charge on any atom is -0.495 e. The number of para-hydroxylation sites is 1. The second kappa shape index (κ2) is 8.64. The largest absolute Gasteiger partial charge is 0.495 e. The van der Waals surface area contributed by atoms with Crippen LogP contribution in [0.5, 0.6) is 5.75 Å². The number of carbonyl (C=O) groups excluding carboxylic acids is 1. The van der Waals surface area contributed by atoms with Crippen LogP contribution in [0.4, 0.5) is 14.5 Å². The van der Waals surface area contributed by atoms with Gasteiger partial charge in [-0.1, -0.05) is 17.7 Å². The number of amides is 1. The summed E-state index contributed by atoms with van der Waals surface area (Å²) in [5.74, 6) is -3.08. The van der Waals surface area contributed by atoms with E-state index in [1.165, 1.54) is 31.4 Å². The second-order valence-electron chi connectivity index (χ2n) is 6.58. The van der Waals surface area contributed by atoms with Gasteiger partial charge < -0.3 is 10.1 Å². The van der Waals surface area contributed by atoms with E-state index in [-0.39, 0.29) is 28.8 Å². The molecule has 10 heteroatoms. The van der Waals surface area contributed by atoms with Crippen LogP contribution in [0.3, 0.4) is 0 Å². The van der Waals surface area contributed by atoms with Gasteiger partial charge in [0.1, 0.15) is 28.0 Å². The van der Waals surface area contributed by atoms with Gasteiger partial charge in [-0.25, -0.2) is 17.2 Å². The molecule has 1 saturated heterocycles. The minimum absolute atomic E-state index is 0.103. The van der Waals surface area contributed by atoms with Crippen molar-refractivity contribution < 1.29 is 26.7 Å². The zero-order valence-corrected chi connectivity index (χ0v) is 17.1.